The smallest absolute Gasteiger partial charge is 0.292 e. The Kier molecular flexibility index (Phi) is 7.44. The maximum atomic E-state index is 14.8. The van der Waals surface area contributed by atoms with E-state index >= 15 is 0 Å². The molecule has 1 saturated heterocycles. The van der Waals surface area contributed by atoms with E-state index in [0.29, 0.717) is 22.6 Å². The number of hydrogen-bond acceptors (Lipinski definition) is 6. The summed E-state index contributed by atoms with van der Waals surface area (Å²) in [5, 5.41) is 20.8. The molecule has 1 aliphatic carbocycles. The van der Waals surface area contributed by atoms with Crippen LogP contribution in [-0.4, -0.2) is 11.8 Å². The molecule has 0 bridgehead atoms. The van der Waals surface area contributed by atoms with Crippen molar-refractivity contribution in [1.29, 1.82) is 10.5 Å². The van der Waals surface area contributed by atoms with Gasteiger partial charge in [0.05, 0.1) is 5.41 Å². The van der Waals surface area contributed by atoms with Gasteiger partial charge in [-0.1, -0.05) is 121 Å². The molecule has 5 aromatic rings. The largest absolute Gasteiger partial charge is 0.388 e. The van der Waals surface area contributed by atoms with Gasteiger partial charge in [0.1, 0.15) is 16.9 Å². The van der Waals surface area contributed by atoms with E-state index in [1.165, 1.54) is 0 Å². The number of benzene rings is 5. The van der Waals surface area contributed by atoms with Gasteiger partial charge in [-0.25, -0.2) is 0 Å². The number of rotatable bonds is 7. The van der Waals surface area contributed by atoms with Crippen LogP contribution in [0.1, 0.15) is 22.3 Å². The van der Waals surface area contributed by atoms with Crippen LogP contribution in [0.5, 0.6) is 11.5 Å². The lowest BCUT2D eigenvalue weighted by molar-refractivity contribution is -0.127. The molecule has 2 amide bonds. The highest BCUT2D eigenvalue weighted by Crippen LogP contribution is 2.60. The normalized spacial score (nSPS) is 17.4. The van der Waals surface area contributed by atoms with Crippen molar-refractivity contribution in [3.63, 3.8) is 0 Å². The first kappa shape index (κ1) is 30.0. The Balaban J connectivity index is 1.61. The van der Waals surface area contributed by atoms with Gasteiger partial charge >= 0.3 is 0 Å². The number of carbonyl (C=O) groups is 2. The molecule has 7 rings (SSSR count). The lowest BCUT2D eigenvalue weighted by Gasteiger charge is -2.49. The SMILES string of the molecule is Cc1ccc(C23C(=O)NC(=O)C2=CC=CC3(c2ccccc2-c2ccc(OC#N)cc2)c2ccccc2-c2ccc(OC#N)cc2)cc1. The number of imide groups is 1. The zero-order valence-electron chi connectivity index (χ0n) is 25.8. The number of allylic oxidation sites excluding steroid dienone is 3. The first-order valence-corrected chi connectivity index (χ1v) is 15.3. The Morgan fingerprint density at radius 3 is 1.65 bits per heavy atom. The zero-order chi connectivity index (χ0) is 33.3. The molecule has 0 spiro atoms. The molecule has 1 unspecified atom stereocenters. The van der Waals surface area contributed by atoms with Gasteiger partial charge in [0, 0.05) is 5.57 Å². The minimum absolute atomic E-state index is 0.346. The molecule has 230 valence electrons. The number of ether oxygens (including phenoxy) is 2. The number of fused-ring (bicyclic) bond motifs is 1. The lowest BCUT2D eigenvalue weighted by Crippen LogP contribution is -2.55. The quantitative estimate of drug-likeness (QED) is 0.149. The van der Waals surface area contributed by atoms with Crippen LogP contribution in [0.3, 0.4) is 0 Å². The van der Waals surface area contributed by atoms with Crippen molar-refractivity contribution in [2.24, 2.45) is 0 Å². The number of nitrogens with one attached hydrogen (secondary N) is 1. The van der Waals surface area contributed by atoms with E-state index in [-0.39, 0.29) is 0 Å². The Bertz CT molecular complexity index is 2120. The second-order valence-electron chi connectivity index (χ2n) is 11.7. The van der Waals surface area contributed by atoms with Crippen molar-refractivity contribution < 1.29 is 19.1 Å². The Morgan fingerprint density at radius 1 is 0.646 bits per heavy atom. The summed E-state index contributed by atoms with van der Waals surface area (Å²) in [4.78, 5) is 28.6. The van der Waals surface area contributed by atoms with Crippen molar-refractivity contribution >= 4 is 11.8 Å². The number of amides is 2. The maximum Gasteiger partial charge on any atom is 0.292 e. The molecular weight excluding hydrogens is 598 g/mol. The van der Waals surface area contributed by atoms with Crippen LogP contribution in [0.2, 0.25) is 0 Å². The summed E-state index contributed by atoms with van der Waals surface area (Å²) in [6.07, 6.45) is 9.06. The summed E-state index contributed by atoms with van der Waals surface area (Å²) < 4.78 is 10.1. The van der Waals surface area contributed by atoms with Crippen LogP contribution in [0.15, 0.2) is 145 Å². The average molecular weight is 626 g/mol. The molecule has 1 atom stereocenters. The lowest BCUT2D eigenvalue weighted by atomic mass is 9.49. The highest BCUT2D eigenvalue weighted by Gasteiger charge is 2.66. The molecule has 1 N–H and O–H groups in total. The predicted molar refractivity (Wildman–Crippen MR) is 180 cm³/mol. The zero-order valence-corrected chi connectivity index (χ0v) is 25.8. The molecule has 5 aromatic carbocycles. The van der Waals surface area contributed by atoms with Gasteiger partial charge in [0.25, 0.3) is 18.4 Å². The molecule has 7 heteroatoms. The average Bonchev–Trinajstić information content (AvgIpc) is 3.39. The van der Waals surface area contributed by atoms with Crippen molar-refractivity contribution in [2.75, 3.05) is 0 Å². The second kappa shape index (κ2) is 11.9. The van der Waals surface area contributed by atoms with Crippen LogP contribution >= 0.6 is 0 Å². The van der Waals surface area contributed by atoms with Crippen LogP contribution < -0.4 is 14.8 Å². The van der Waals surface area contributed by atoms with Crippen molar-refractivity contribution in [3.05, 3.63) is 167 Å². The fourth-order valence-corrected chi connectivity index (χ4v) is 7.28. The fraction of sp³-hybridized carbons (Fsp3) is 0.0732. The van der Waals surface area contributed by atoms with Gasteiger partial charge in [-0.3, -0.25) is 14.9 Å². The minimum atomic E-state index is -1.51. The second-order valence-corrected chi connectivity index (χ2v) is 11.7. The number of hydrogen-bond donors (Lipinski definition) is 1. The van der Waals surface area contributed by atoms with E-state index in [4.69, 9.17) is 20.0 Å². The molecule has 0 saturated carbocycles. The molecule has 7 nitrogen and oxygen atoms in total. The highest BCUT2D eigenvalue weighted by atomic mass is 16.5. The van der Waals surface area contributed by atoms with Crippen LogP contribution in [0.25, 0.3) is 22.3 Å². The van der Waals surface area contributed by atoms with Crippen LogP contribution in [0, 0.1) is 30.0 Å². The van der Waals surface area contributed by atoms with E-state index in [1.807, 2.05) is 116 Å². The third-order valence-corrected chi connectivity index (χ3v) is 9.26. The summed E-state index contributed by atoms with van der Waals surface area (Å²) in [5.41, 5.74) is 4.18. The van der Waals surface area contributed by atoms with Crippen LogP contribution in [-0.2, 0) is 20.4 Å². The minimum Gasteiger partial charge on any atom is -0.388 e. The van der Waals surface area contributed by atoms with Gasteiger partial charge in [0.15, 0.2) is 0 Å². The van der Waals surface area contributed by atoms with E-state index in [1.54, 1.807) is 42.9 Å². The molecule has 0 radical (unpaired) electrons. The summed E-state index contributed by atoms with van der Waals surface area (Å²) in [6, 6.07) is 38.0. The van der Waals surface area contributed by atoms with E-state index in [0.717, 1.165) is 38.9 Å². The summed E-state index contributed by atoms with van der Waals surface area (Å²) in [5.74, 6) is -0.0584. The molecule has 2 aliphatic rings. The van der Waals surface area contributed by atoms with Gasteiger partial charge in [-0.2, -0.15) is 0 Å². The Hall–Kier alpha value is -6.70. The van der Waals surface area contributed by atoms with E-state index in [2.05, 4.69) is 5.32 Å². The first-order valence-electron chi connectivity index (χ1n) is 15.3. The standard InChI is InChI=1S/C41H27N3O4/c1-27-12-18-30(19-13-27)41-37(38(45)44-39(41)46)11-6-24-40(41,35-9-4-2-7-33(35)28-14-20-31(21-15-28)47-25-42)36-10-5-3-8-34(36)29-16-22-32(23-17-29)48-26-43/h2-24H,1H3,(H,44,45,46). The van der Waals surface area contributed by atoms with Crippen LogP contribution in [0.4, 0.5) is 0 Å². The Morgan fingerprint density at radius 2 is 1.15 bits per heavy atom. The van der Waals surface area contributed by atoms with Gasteiger partial charge in [-0.05, 0) is 70.1 Å². The molecule has 48 heavy (non-hydrogen) atoms. The van der Waals surface area contributed by atoms with E-state index < -0.39 is 22.6 Å². The van der Waals surface area contributed by atoms with Gasteiger partial charge < -0.3 is 9.47 Å². The first-order chi connectivity index (χ1) is 23.4. The van der Waals surface area contributed by atoms with Crippen molar-refractivity contribution in [3.8, 4) is 46.3 Å². The third-order valence-electron chi connectivity index (χ3n) is 9.26. The fourth-order valence-electron chi connectivity index (χ4n) is 7.28. The number of aryl methyl sites for hydroxylation is 1. The monoisotopic (exact) mass is 625 g/mol. The maximum absolute atomic E-state index is 14.8. The Labute approximate surface area is 277 Å². The topological polar surface area (TPSA) is 112 Å². The van der Waals surface area contributed by atoms with Crippen molar-refractivity contribution in [1.82, 2.24) is 5.32 Å². The third kappa shape index (κ3) is 4.49. The predicted octanol–water partition coefficient (Wildman–Crippen LogP) is 7.43. The highest BCUT2D eigenvalue weighted by molar-refractivity contribution is 6.22. The molecule has 1 heterocycles. The molecule has 1 aliphatic heterocycles. The molecular formula is C41H27N3O4. The summed E-state index contributed by atoms with van der Waals surface area (Å²) >= 11 is 0. The van der Waals surface area contributed by atoms with Gasteiger partial charge in [0.2, 0.25) is 5.91 Å². The molecule has 0 aromatic heterocycles. The molecule has 1 fully saturated rings. The summed E-state index contributed by atoms with van der Waals surface area (Å²) in [7, 11) is 0. The number of nitriles is 2. The van der Waals surface area contributed by atoms with Crippen molar-refractivity contribution in [2.45, 2.75) is 17.8 Å². The number of nitrogens with zero attached hydrogens (tertiary/aromatic N) is 2. The number of carbonyl (C=O) groups excluding carboxylic acids is 2. The van der Waals surface area contributed by atoms with Gasteiger partial charge in [-0.15, -0.1) is 10.5 Å². The summed E-state index contributed by atoms with van der Waals surface area (Å²) in [6.45, 7) is 1.98. The van der Waals surface area contributed by atoms with E-state index in [9.17, 15) is 9.59 Å².